The molecular weight excluding hydrogens is 260 g/mol. The SMILES string of the molecule is C=C1C2OC(OC(=O)CC(C)C)C3C1CC(O)C3(C)O2. The third-order valence-electron chi connectivity index (χ3n) is 4.75. The van der Waals surface area contributed by atoms with Crippen molar-refractivity contribution in [2.24, 2.45) is 17.8 Å². The Morgan fingerprint density at radius 1 is 1.60 bits per heavy atom. The number of aliphatic hydroxyl groups excluding tert-OH is 1. The Morgan fingerprint density at radius 3 is 2.95 bits per heavy atom. The molecule has 3 saturated heterocycles. The first-order valence-corrected chi connectivity index (χ1v) is 7.22. The van der Waals surface area contributed by atoms with Gasteiger partial charge in [-0.05, 0) is 30.8 Å². The molecule has 0 aromatic heterocycles. The van der Waals surface area contributed by atoms with Crippen LogP contribution >= 0.6 is 0 Å². The smallest absolute Gasteiger partial charge is 0.308 e. The third-order valence-corrected chi connectivity index (χ3v) is 4.75. The molecule has 0 spiro atoms. The van der Waals surface area contributed by atoms with Gasteiger partial charge in [0.1, 0.15) is 5.60 Å². The van der Waals surface area contributed by atoms with Crippen LogP contribution in [0.15, 0.2) is 12.2 Å². The zero-order valence-corrected chi connectivity index (χ0v) is 12.2. The van der Waals surface area contributed by atoms with Crippen molar-refractivity contribution in [3.63, 3.8) is 0 Å². The molecule has 1 N–H and O–H groups in total. The van der Waals surface area contributed by atoms with Crippen molar-refractivity contribution in [1.82, 2.24) is 0 Å². The molecular formula is C15H22O5. The molecule has 112 valence electrons. The summed E-state index contributed by atoms with van der Waals surface area (Å²) in [5, 5.41) is 10.2. The fourth-order valence-corrected chi connectivity index (χ4v) is 3.66. The Labute approximate surface area is 118 Å². The van der Waals surface area contributed by atoms with Crippen molar-refractivity contribution in [2.75, 3.05) is 0 Å². The van der Waals surface area contributed by atoms with Crippen LogP contribution in [0.1, 0.15) is 33.6 Å². The largest absolute Gasteiger partial charge is 0.435 e. The van der Waals surface area contributed by atoms with Gasteiger partial charge in [0.05, 0.1) is 12.0 Å². The molecule has 6 atom stereocenters. The molecule has 0 radical (unpaired) electrons. The molecule has 5 nitrogen and oxygen atoms in total. The summed E-state index contributed by atoms with van der Waals surface area (Å²) in [5.74, 6) is -0.0986. The minimum atomic E-state index is -0.711. The lowest BCUT2D eigenvalue weighted by Crippen LogP contribution is -2.62. The van der Waals surface area contributed by atoms with Crippen LogP contribution in [0.4, 0.5) is 0 Å². The number of carbonyl (C=O) groups is 1. The highest BCUT2D eigenvalue weighted by Crippen LogP contribution is 2.57. The van der Waals surface area contributed by atoms with E-state index in [2.05, 4.69) is 6.58 Å². The molecule has 20 heavy (non-hydrogen) atoms. The Hall–Kier alpha value is -0.910. The number of rotatable bonds is 3. The maximum Gasteiger partial charge on any atom is 0.308 e. The lowest BCUT2D eigenvalue weighted by atomic mass is 9.77. The van der Waals surface area contributed by atoms with Gasteiger partial charge in [-0.15, -0.1) is 0 Å². The second-order valence-electron chi connectivity index (χ2n) is 6.68. The summed E-state index contributed by atoms with van der Waals surface area (Å²) in [6.45, 7) is 9.80. The topological polar surface area (TPSA) is 65.0 Å². The van der Waals surface area contributed by atoms with Crippen molar-refractivity contribution in [3.8, 4) is 0 Å². The molecule has 1 aliphatic carbocycles. The number of aliphatic hydroxyl groups is 1. The van der Waals surface area contributed by atoms with Crippen LogP contribution in [0.25, 0.3) is 0 Å². The normalized spacial score (nSPS) is 46.0. The van der Waals surface area contributed by atoms with Crippen LogP contribution in [-0.4, -0.2) is 35.4 Å². The van der Waals surface area contributed by atoms with Crippen molar-refractivity contribution in [1.29, 1.82) is 0 Å². The average Bonchev–Trinajstić information content (AvgIpc) is 2.55. The summed E-state index contributed by atoms with van der Waals surface area (Å²) < 4.78 is 17.0. The number of ether oxygens (including phenoxy) is 3. The number of hydrogen-bond donors (Lipinski definition) is 1. The van der Waals surface area contributed by atoms with Crippen molar-refractivity contribution in [2.45, 2.75) is 57.9 Å². The van der Waals surface area contributed by atoms with E-state index < -0.39 is 24.3 Å². The van der Waals surface area contributed by atoms with Crippen LogP contribution < -0.4 is 0 Å². The monoisotopic (exact) mass is 282 g/mol. The molecule has 0 aromatic rings. The molecule has 6 unspecified atom stereocenters. The van der Waals surface area contributed by atoms with E-state index in [1.165, 1.54) is 0 Å². The van der Waals surface area contributed by atoms with Gasteiger partial charge >= 0.3 is 5.97 Å². The van der Waals surface area contributed by atoms with Crippen LogP contribution in [0.2, 0.25) is 0 Å². The van der Waals surface area contributed by atoms with E-state index in [9.17, 15) is 9.90 Å². The van der Waals surface area contributed by atoms with Gasteiger partial charge < -0.3 is 19.3 Å². The summed E-state index contributed by atoms with van der Waals surface area (Å²) in [4.78, 5) is 11.9. The number of carbonyl (C=O) groups excluding carboxylic acids is 1. The van der Waals surface area contributed by atoms with Gasteiger partial charge in [-0.2, -0.15) is 0 Å². The van der Waals surface area contributed by atoms with Crippen LogP contribution in [0, 0.1) is 17.8 Å². The molecule has 4 bridgehead atoms. The summed E-state index contributed by atoms with van der Waals surface area (Å²) in [5.41, 5.74) is 0.137. The predicted octanol–water partition coefficient (Wildman–Crippen LogP) is 1.60. The number of hydrogen-bond acceptors (Lipinski definition) is 5. The molecule has 4 aliphatic rings. The molecule has 3 heterocycles. The van der Waals surface area contributed by atoms with Crippen molar-refractivity contribution >= 4 is 5.97 Å². The summed E-state index contributed by atoms with van der Waals surface area (Å²) in [6, 6.07) is 0. The average molecular weight is 282 g/mol. The maximum absolute atomic E-state index is 11.9. The zero-order chi connectivity index (χ0) is 14.7. The summed E-state index contributed by atoms with van der Waals surface area (Å²) in [7, 11) is 0. The number of esters is 1. The van der Waals surface area contributed by atoms with Crippen molar-refractivity contribution in [3.05, 3.63) is 12.2 Å². The first kappa shape index (κ1) is 14.0. The van der Waals surface area contributed by atoms with Crippen molar-refractivity contribution < 1.29 is 24.1 Å². The quantitative estimate of drug-likeness (QED) is 0.629. The van der Waals surface area contributed by atoms with E-state index in [0.29, 0.717) is 12.8 Å². The summed E-state index contributed by atoms with van der Waals surface area (Å²) >= 11 is 0. The lowest BCUT2D eigenvalue weighted by Gasteiger charge is -2.52. The Morgan fingerprint density at radius 2 is 2.30 bits per heavy atom. The molecule has 0 aromatic carbocycles. The molecule has 4 fully saturated rings. The highest BCUT2D eigenvalue weighted by molar-refractivity contribution is 5.69. The van der Waals surface area contributed by atoms with Gasteiger partial charge in [-0.1, -0.05) is 20.4 Å². The van der Waals surface area contributed by atoms with Gasteiger partial charge in [0.25, 0.3) is 0 Å². The fraction of sp³-hybridized carbons (Fsp3) is 0.800. The number of fused-ring (bicyclic) bond motifs is 1. The van der Waals surface area contributed by atoms with Crippen LogP contribution in [0.5, 0.6) is 0 Å². The van der Waals surface area contributed by atoms with E-state index in [-0.39, 0.29) is 23.7 Å². The standard InChI is InChI=1S/C15H22O5/c1-7(2)5-11(17)18-14-12-9-6-10(16)15(12,4)20-13(19-14)8(9)3/h7,9-10,12-14,16H,3,5-6H2,1-2,4H3. The summed E-state index contributed by atoms with van der Waals surface area (Å²) in [6.07, 6.45) is -0.836. The van der Waals surface area contributed by atoms with Crippen LogP contribution in [-0.2, 0) is 19.0 Å². The minimum absolute atomic E-state index is 0.0966. The second-order valence-corrected chi connectivity index (χ2v) is 6.68. The Bertz CT molecular complexity index is 446. The first-order chi connectivity index (χ1) is 9.33. The van der Waals surface area contributed by atoms with Gasteiger partial charge in [0.2, 0.25) is 6.29 Å². The van der Waals surface area contributed by atoms with Crippen LogP contribution in [0.3, 0.4) is 0 Å². The lowest BCUT2D eigenvalue weighted by molar-refractivity contribution is -0.365. The highest BCUT2D eigenvalue weighted by atomic mass is 16.8. The Balaban J connectivity index is 1.79. The molecule has 5 heteroatoms. The molecule has 3 aliphatic heterocycles. The van der Waals surface area contributed by atoms with Gasteiger partial charge in [0, 0.05) is 6.42 Å². The molecule has 4 rings (SSSR count). The van der Waals surface area contributed by atoms with Gasteiger partial charge in [-0.25, -0.2) is 0 Å². The maximum atomic E-state index is 11.9. The van der Waals surface area contributed by atoms with E-state index >= 15 is 0 Å². The predicted molar refractivity (Wildman–Crippen MR) is 70.4 cm³/mol. The Kier molecular flexibility index (Phi) is 3.19. The fourth-order valence-electron chi connectivity index (χ4n) is 3.66. The first-order valence-electron chi connectivity index (χ1n) is 7.22. The molecule has 1 saturated carbocycles. The highest BCUT2D eigenvalue weighted by Gasteiger charge is 2.66. The van der Waals surface area contributed by atoms with E-state index in [1.54, 1.807) is 0 Å². The van der Waals surface area contributed by atoms with E-state index in [4.69, 9.17) is 14.2 Å². The molecule has 0 amide bonds. The second kappa shape index (κ2) is 4.55. The van der Waals surface area contributed by atoms with Gasteiger partial charge in [-0.3, -0.25) is 4.79 Å². The zero-order valence-electron chi connectivity index (χ0n) is 12.2. The third kappa shape index (κ3) is 1.91. The van der Waals surface area contributed by atoms with E-state index in [1.807, 2.05) is 20.8 Å². The minimum Gasteiger partial charge on any atom is -0.435 e. The van der Waals surface area contributed by atoms with Gasteiger partial charge in [0.15, 0.2) is 6.29 Å². The van der Waals surface area contributed by atoms with E-state index in [0.717, 1.165) is 5.57 Å².